The number of hydrogen-bond donors (Lipinski definition) is 2. The van der Waals surface area contributed by atoms with Crippen molar-refractivity contribution in [2.75, 3.05) is 0 Å². The third kappa shape index (κ3) is 10.1. The molecule has 3 N–H and O–H groups in total. The molecule has 10 nitrogen and oxygen atoms in total. The van der Waals surface area contributed by atoms with E-state index in [1.807, 2.05) is 0 Å². The minimum Gasteiger partial charge on any atom is -0.444 e. The van der Waals surface area contributed by atoms with Crippen LogP contribution in [0.4, 0.5) is 16.2 Å². The molecule has 0 radical (unpaired) electrons. The highest BCUT2D eigenvalue weighted by Crippen LogP contribution is 2.25. The molecule has 2 aromatic carbocycles. The highest BCUT2D eigenvalue weighted by atomic mass is 35.5. The summed E-state index contributed by atoms with van der Waals surface area (Å²) >= 11 is 11.3. The number of nitrogens with one attached hydrogen (secondary N) is 1. The second-order valence-corrected chi connectivity index (χ2v) is 7.96. The lowest BCUT2D eigenvalue weighted by Gasteiger charge is -2.19. The largest absolute Gasteiger partial charge is 0.444 e. The Labute approximate surface area is 200 Å². The Balaban J connectivity index is 0.000000639. The van der Waals surface area contributed by atoms with Crippen molar-refractivity contribution in [2.24, 2.45) is 5.73 Å². The molecule has 0 aliphatic rings. The molecule has 0 saturated heterocycles. The maximum absolute atomic E-state index is 11.4. The molecule has 0 fully saturated rings. The van der Waals surface area contributed by atoms with Crippen molar-refractivity contribution in [3.63, 3.8) is 0 Å². The van der Waals surface area contributed by atoms with Gasteiger partial charge in [0.2, 0.25) is 0 Å². The Kier molecular flexibility index (Phi) is 11.9. The van der Waals surface area contributed by atoms with E-state index in [1.54, 1.807) is 32.9 Å². The van der Waals surface area contributed by atoms with Crippen LogP contribution in [0.25, 0.3) is 0 Å². The van der Waals surface area contributed by atoms with Crippen LogP contribution >= 0.6 is 35.6 Å². The van der Waals surface area contributed by atoms with E-state index >= 15 is 0 Å². The first-order chi connectivity index (χ1) is 14.3. The summed E-state index contributed by atoms with van der Waals surface area (Å²) in [5.41, 5.74) is 5.70. The van der Waals surface area contributed by atoms with Crippen LogP contribution in [0.2, 0.25) is 10.0 Å². The van der Waals surface area contributed by atoms with Gasteiger partial charge in [0, 0.05) is 25.2 Å². The predicted molar refractivity (Wildman–Crippen MR) is 124 cm³/mol. The van der Waals surface area contributed by atoms with E-state index in [-0.39, 0.29) is 46.9 Å². The summed E-state index contributed by atoms with van der Waals surface area (Å²) in [5, 5.41) is 23.8. The zero-order valence-corrected chi connectivity index (χ0v) is 19.8. The van der Waals surface area contributed by atoms with Gasteiger partial charge in [0.25, 0.3) is 11.4 Å². The fourth-order valence-electron chi connectivity index (χ4n) is 2.12. The molecule has 13 heteroatoms. The maximum atomic E-state index is 11.4. The summed E-state index contributed by atoms with van der Waals surface area (Å²) in [5.74, 6) is 0. The van der Waals surface area contributed by atoms with Gasteiger partial charge in [-0.05, 0) is 44.0 Å². The molecular formula is C19H23Cl3N4O6. The van der Waals surface area contributed by atoms with Crippen LogP contribution < -0.4 is 11.1 Å². The molecule has 0 spiro atoms. The number of carbonyl (C=O) groups excluding carboxylic acids is 1. The van der Waals surface area contributed by atoms with Gasteiger partial charge in [-0.25, -0.2) is 4.79 Å². The van der Waals surface area contributed by atoms with Crippen molar-refractivity contribution >= 4 is 53.1 Å². The third-order valence-corrected chi connectivity index (χ3v) is 4.13. The standard InChI is InChI=1S/C12H15ClN2O4.C7H7ClN2O2.ClH/c1-12(2,3)19-11(16)14-7-8-4-5-9(13)10(6-8)15(17)18;8-6-2-1-5(4-9)3-7(6)10(11)12;/h4-6H,7H2,1-3H3,(H,14,16);1-3H,4,9H2;1H. The molecule has 1 amide bonds. The predicted octanol–water partition coefficient (Wildman–Crippen LogP) is 5.40. The van der Waals surface area contributed by atoms with Crippen molar-refractivity contribution < 1.29 is 19.4 Å². The van der Waals surface area contributed by atoms with Crippen LogP contribution in [0.5, 0.6) is 0 Å². The van der Waals surface area contributed by atoms with Gasteiger partial charge >= 0.3 is 6.09 Å². The number of nitro benzene ring substituents is 2. The highest BCUT2D eigenvalue weighted by Gasteiger charge is 2.17. The van der Waals surface area contributed by atoms with Gasteiger partial charge in [-0.1, -0.05) is 35.3 Å². The lowest BCUT2D eigenvalue weighted by atomic mass is 10.2. The molecule has 0 atom stereocenters. The number of alkyl carbamates (subject to hydrolysis) is 1. The average molecular weight is 510 g/mol. The molecule has 32 heavy (non-hydrogen) atoms. The monoisotopic (exact) mass is 508 g/mol. The number of nitrogens with zero attached hydrogens (tertiary/aromatic N) is 2. The van der Waals surface area contributed by atoms with Gasteiger partial charge in [-0.2, -0.15) is 0 Å². The first kappa shape index (κ1) is 29.3. The fourth-order valence-corrected chi connectivity index (χ4v) is 2.49. The van der Waals surface area contributed by atoms with Crippen molar-refractivity contribution in [1.82, 2.24) is 5.32 Å². The van der Waals surface area contributed by atoms with Gasteiger partial charge in [0.1, 0.15) is 15.6 Å². The summed E-state index contributed by atoms with van der Waals surface area (Å²) in [6, 6.07) is 8.86. The normalized spacial score (nSPS) is 10.2. The van der Waals surface area contributed by atoms with Gasteiger partial charge in [0.05, 0.1) is 9.85 Å². The van der Waals surface area contributed by atoms with E-state index in [9.17, 15) is 25.0 Å². The van der Waals surface area contributed by atoms with Crippen LogP contribution in [0, 0.1) is 20.2 Å². The van der Waals surface area contributed by atoms with Gasteiger partial charge < -0.3 is 15.8 Å². The fraction of sp³-hybridized carbons (Fsp3) is 0.316. The number of nitrogens with two attached hydrogens (primary N) is 1. The van der Waals surface area contributed by atoms with Crippen molar-refractivity contribution in [2.45, 2.75) is 39.5 Å². The molecule has 2 rings (SSSR count). The second-order valence-electron chi connectivity index (χ2n) is 7.15. The Bertz CT molecular complexity index is 967. The number of ether oxygens (including phenoxy) is 1. The molecule has 0 unspecified atom stereocenters. The van der Waals surface area contributed by atoms with Crippen molar-refractivity contribution in [1.29, 1.82) is 0 Å². The first-order valence-corrected chi connectivity index (χ1v) is 9.62. The van der Waals surface area contributed by atoms with Crippen LogP contribution in [0.15, 0.2) is 36.4 Å². The Morgan fingerprint density at radius 2 is 1.44 bits per heavy atom. The number of halogens is 3. The minimum atomic E-state index is -0.587. The molecule has 176 valence electrons. The van der Waals surface area contributed by atoms with Gasteiger partial charge in [-0.3, -0.25) is 20.2 Å². The van der Waals surface area contributed by atoms with E-state index in [2.05, 4.69) is 5.32 Å². The Hall–Kier alpha value is -2.66. The molecule has 0 saturated carbocycles. The minimum absolute atomic E-state index is 0. The number of amides is 1. The van der Waals surface area contributed by atoms with Crippen LogP contribution in [-0.4, -0.2) is 21.5 Å². The van der Waals surface area contributed by atoms with Crippen LogP contribution in [0.3, 0.4) is 0 Å². The second kappa shape index (κ2) is 13.0. The zero-order valence-electron chi connectivity index (χ0n) is 17.5. The van der Waals surface area contributed by atoms with Crippen LogP contribution in [0.1, 0.15) is 31.9 Å². The summed E-state index contributed by atoms with van der Waals surface area (Å²) < 4.78 is 5.05. The first-order valence-electron chi connectivity index (χ1n) is 8.86. The molecule has 0 heterocycles. The topological polar surface area (TPSA) is 151 Å². The summed E-state index contributed by atoms with van der Waals surface area (Å²) in [4.78, 5) is 31.4. The lowest BCUT2D eigenvalue weighted by Crippen LogP contribution is -2.32. The Morgan fingerprint density at radius 1 is 1.00 bits per heavy atom. The molecule has 0 aliphatic carbocycles. The van der Waals surface area contributed by atoms with Crippen molar-refractivity contribution in [3.05, 3.63) is 77.8 Å². The number of hydrogen-bond acceptors (Lipinski definition) is 7. The quantitative estimate of drug-likeness (QED) is 0.404. The van der Waals surface area contributed by atoms with E-state index in [1.165, 1.54) is 24.3 Å². The summed E-state index contributed by atoms with van der Waals surface area (Å²) in [6.45, 7) is 5.66. The number of nitro groups is 2. The summed E-state index contributed by atoms with van der Waals surface area (Å²) in [7, 11) is 0. The number of rotatable bonds is 5. The molecule has 2 aromatic rings. The highest BCUT2D eigenvalue weighted by molar-refractivity contribution is 6.33. The smallest absolute Gasteiger partial charge is 0.407 e. The van der Waals surface area contributed by atoms with Crippen molar-refractivity contribution in [3.8, 4) is 0 Å². The molecule has 0 bridgehead atoms. The molecule has 0 aromatic heterocycles. The van der Waals surface area contributed by atoms with E-state index < -0.39 is 21.5 Å². The lowest BCUT2D eigenvalue weighted by molar-refractivity contribution is -0.384. The average Bonchev–Trinajstić information content (AvgIpc) is 2.66. The molecular weight excluding hydrogens is 487 g/mol. The van der Waals surface area contributed by atoms with E-state index in [0.717, 1.165) is 0 Å². The molecule has 0 aliphatic heterocycles. The number of benzene rings is 2. The number of carbonyl (C=O) groups is 1. The SMILES string of the molecule is CC(C)(C)OC(=O)NCc1ccc(Cl)c([N+](=O)[O-])c1.Cl.NCc1ccc(Cl)c([N+](=O)[O-])c1. The maximum Gasteiger partial charge on any atom is 0.407 e. The third-order valence-electron chi connectivity index (χ3n) is 3.49. The summed E-state index contributed by atoms with van der Waals surface area (Å²) in [6.07, 6.45) is -0.579. The zero-order chi connectivity index (χ0) is 23.8. The van der Waals surface area contributed by atoms with Gasteiger partial charge in [0.15, 0.2) is 0 Å². The Morgan fingerprint density at radius 3 is 1.84 bits per heavy atom. The van der Waals surface area contributed by atoms with Gasteiger partial charge in [-0.15, -0.1) is 12.4 Å². The van der Waals surface area contributed by atoms with Crippen LogP contribution in [-0.2, 0) is 17.8 Å². The van der Waals surface area contributed by atoms with E-state index in [0.29, 0.717) is 11.1 Å². The van der Waals surface area contributed by atoms with E-state index in [4.69, 9.17) is 33.7 Å².